The van der Waals surface area contributed by atoms with E-state index in [0.717, 1.165) is 16.2 Å². The van der Waals surface area contributed by atoms with Crippen LogP contribution in [0.4, 0.5) is 0 Å². The van der Waals surface area contributed by atoms with Gasteiger partial charge in [-0.3, -0.25) is 0 Å². The molecule has 308 valence electrons. The lowest BCUT2D eigenvalue weighted by atomic mass is 10.1. The summed E-state index contributed by atoms with van der Waals surface area (Å²) in [6.07, 6.45) is -1.59. The molecule has 0 unspecified atom stereocenters. The fourth-order valence-corrected chi connectivity index (χ4v) is 13.4. The van der Waals surface area contributed by atoms with Gasteiger partial charge in [-0.25, -0.2) is 0 Å². The number of hydrogen-bond acceptors (Lipinski definition) is 8. The van der Waals surface area contributed by atoms with Crippen LogP contribution in [-0.4, -0.2) is 79.5 Å². The highest BCUT2D eigenvalue weighted by atomic mass is 32.2. The number of aliphatic hydroxyl groups excluding tert-OH is 1. The molecule has 0 amide bonds. The number of aliphatic hydroxyl groups is 1. The first-order chi connectivity index (χ1) is 27.1. The van der Waals surface area contributed by atoms with Crippen LogP contribution in [0.25, 0.3) is 0 Å². The van der Waals surface area contributed by atoms with Gasteiger partial charge in [0.05, 0.1) is 44.4 Å². The largest absolute Gasteiger partial charge is 0.497 e. The van der Waals surface area contributed by atoms with Crippen LogP contribution in [0.5, 0.6) is 5.75 Å². The maximum atomic E-state index is 11.5. The SMILES string of the molecule is COCO[C@@H](COCc1ccc(OC)cc1)C[C@@H](O)C#C[C@@H](Sc1ccccc1)[C@@H](CO[Si](c1ccccc1)(c1ccccc1)C(C)(C)C)O[Si](C)(C)C(C)(C)C. The van der Waals surface area contributed by atoms with Gasteiger partial charge < -0.3 is 32.9 Å². The Morgan fingerprint density at radius 2 is 1.26 bits per heavy atom. The van der Waals surface area contributed by atoms with Gasteiger partial charge in [-0.1, -0.05) is 144 Å². The Morgan fingerprint density at radius 1 is 0.702 bits per heavy atom. The number of rotatable bonds is 20. The Hall–Kier alpha value is -3.22. The summed E-state index contributed by atoms with van der Waals surface area (Å²) in [7, 11) is -2.05. The summed E-state index contributed by atoms with van der Waals surface area (Å²) in [6.45, 7) is 19.2. The summed E-state index contributed by atoms with van der Waals surface area (Å²) in [4.78, 5) is 1.06. The van der Waals surface area contributed by atoms with Crippen LogP contribution < -0.4 is 15.1 Å². The average Bonchev–Trinajstić information content (AvgIpc) is 3.18. The van der Waals surface area contributed by atoms with Gasteiger partial charge in [-0.05, 0) is 63.4 Å². The average molecular weight is 829 g/mol. The van der Waals surface area contributed by atoms with Crippen LogP contribution >= 0.6 is 11.8 Å². The molecule has 4 aromatic carbocycles. The molecular weight excluding hydrogens is 765 g/mol. The highest BCUT2D eigenvalue weighted by molar-refractivity contribution is 8.00. The molecule has 4 atom stereocenters. The van der Waals surface area contributed by atoms with E-state index in [9.17, 15) is 5.11 Å². The first kappa shape index (κ1) is 46.5. The predicted molar refractivity (Wildman–Crippen MR) is 240 cm³/mol. The summed E-state index contributed by atoms with van der Waals surface area (Å²) >= 11 is 1.65. The van der Waals surface area contributed by atoms with Gasteiger partial charge in [0.2, 0.25) is 0 Å². The zero-order valence-corrected chi connectivity index (χ0v) is 38.4. The summed E-state index contributed by atoms with van der Waals surface area (Å²) < 4.78 is 37.4. The quantitative estimate of drug-likeness (QED) is 0.0410. The molecule has 0 aliphatic carbocycles. The lowest BCUT2D eigenvalue weighted by molar-refractivity contribution is -0.107. The summed E-state index contributed by atoms with van der Waals surface area (Å²) in [5.74, 6) is 7.51. The highest BCUT2D eigenvalue weighted by Crippen LogP contribution is 2.41. The van der Waals surface area contributed by atoms with Gasteiger partial charge in [0, 0.05) is 18.4 Å². The van der Waals surface area contributed by atoms with E-state index in [1.807, 2.05) is 42.5 Å². The third-order valence-corrected chi connectivity index (χ3v) is 21.2. The molecular formula is C47H64O7SSi2. The topological polar surface area (TPSA) is 75.6 Å². The van der Waals surface area contributed by atoms with Crippen LogP contribution in [0.1, 0.15) is 53.5 Å². The number of methoxy groups -OCH3 is 2. The van der Waals surface area contributed by atoms with E-state index in [0.29, 0.717) is 13.2 Å². The Bertz CT molecular complexity index is 1760. The zero-order valence-electron chi connectivity index (χ0n) is 35.6. The van der Waals surface area contributed by atoms with E-state index in [4.69, 9.17) is 27.8 Å². The fourth-order valence-electron chi connectivity index (χ4n) is 6.42. The molecule has 7 nitrogen and oxygen atoms in total. The molecule has 0 radical (unpaired) electrons. The maximum absolute atomic E-state index is 11.5. The zero-order chi connectivity index (χ0) is 41.5. The van der Waals surface area contributed by atoms with Crippen LogP contribution in [0.2, 0.25) is 23.2 Å². The van der Waals surface area contributed by atoms with E-state index < -0.39 is 34.9 Å². The molecule has 0 aliphatic heterocycles. The van der Waals surface area contributed by atoms with Crippen molar-refractivity contribution >= 4 is 38.8 Å². The van der Waals surface area contributed by atoms with Gasteiger partial charge in [0.1, 0.15) is 18.6 Å². The maximum Gasteiger partial charge on any atom is 0.261 e. The molecule has 0 aliphatic rings. The van der Waals surface area contributed by atoms with E-state index in [2.05, 4.69) is 139 Å². The Morgan fingerprint density at radius 3 is 1.77 bits per heavy atom. The van der Waals surface area contributed by atoms with Crippen LogP contribution in [0.3, 0.4) is 0 Å². The third-order valence-electron chi connectivity index (χ3n) is 10.5. The van der Waals surface area contributed by atoms with Crippen molar-refractivity contribution in [1.82, 2.24) is 0 Å². The normalized spacial score (nSPS) is 14.6. The molecule has 0 saturated carbocycles. The van der Waals surface area contributed by atoms with Crippen molar-refractivity contribution in [3.05, 3.63) is 121 Å². The molecule has 0 bridgehead atoms. The summed E-state index contributed by atoms with van der Waals surface area (Å²) in [5.41, 5.74) is 1.01. The lowest BCUT2D eigenvalue weighted by Gasteiger charge is -2.45. The first-order valence-electron chi connectivity index (χ1n) is 19.7. The predicted octanol–water partition coefficient (Wildman–Crippen LogP) is 9.08. The van der Waals surface area contributed by atoms with E-state index in [1.165, 1.54) is 10.4 Å². The molecule has 10 heteroatoms. The van der Waals surface area contributed by atoms with Gasteiger partial charge in [-0.2, -0.15) is 0 Å². The summed E-state index contributed by atoms with van der Waals surface area (Å²) in [5, 5.41) is 13.3. The Kier molecular flexibility index (Phi) is 17.7. The van der Waals surface area contributed by atoms with Gasteiger partial charge >= 0.3 is 0 Å². The molecule has 4 rings (SSSR count). The standard InChI is InChI=1S/C47H64O7SSi2/c1-46(2,3)56(9,10)54-44(35-53-57(47(4,5)6,42-22-16-12-17-23-42)43-24-18-13-19-25-43)45(55-41-20-14-11-15-21-41)31-28-38(48)32-40(52-36-49-7)34-51-33-37-26-29-39(50-8)30-27-37/h11-27,29-30,38,40,44-45,48H,32-36H2,1-10H3/t38-,40+,44+,45+/m0/s1. The van der Waals surface area contributed by atoms with Gasteiger partial charge in [-0.15, -0.1) is 11.8 Å². The lowest BCUT2D eigenvalue weighted by Crippen LogP contribution is -2.67. The van der Waals surface area contributed by atoms with Crippen LogP contribution in [-0.2, 0) is 29.7 Å². The van der Waals surface area contributed by atoms with Crippen molar-refractivity contribution in [2.75, 3.05) is 34.2 Å². The Labute approximate surface area is 349 Å². The van der Waals surface area contributed by atoms with Crippen molar-refractivity contribution in [1.29, 1.82) is 0 Å². The van der Waals surface area contributed by atoms with E-state index in [-0.39, 0.29) is 35.1 Å². The van der Waals surface area contributed by atoms with Crippen molar-refractivity contribution in [3.8, 4) is 17.6 Å². The van der Waals surface area contributed by atoms with Crippen LogP contribution in [0, 0.1) is 11.8 Å². The van der Waals surface area contributed by atoms with Crippen LogP contribution in [0.15, 0.2) is 120 Å². The van der Waals surface area contributed by atoms with Gasteiger partial charge in [0.15, 0.2) is 8.32 Å². The fraction of sp³-hybridized carbons (Fsp3) is 0.447. The van der Waals surface area contributed by atoms with Crippen molar-refractivity contribution in [2.45, 2.75) is 106 Å². The van der Waals surface area contributed by atoms with Gasteiger partial charge in [0.25, 0.3) is 8.32 Å². The molecule has 0 fully saturated rings. The number of hydrogen-bond donors (Lipinski definition) is 1. The van der Waals surface area contributed by atoms with Crippen molar-refractivity contribution in [3.63, 3.8) is 0 Å². The minimum atomic E-state index is -2.91. The molecule has 0 spiro atoms. The minimum absolute atomic E-state index is 0.0602. The Balaban J connectivity index is 1.69. The second-order valence-corrected chi connectivity index (χ2v) is 27.1. The number of benzene rings is 4. The van der Waals surface area contributed by atoms with E-state index >= 15 is 0 Å². The molecule has 1 N–H and O–H groups in total. The third kappa shape index (κ3) is 13.4. The number of ether oxygens (including phenoxy) is 4. The molecule has 0 aromatic heterocycles. The van der Waals surface area contributed by atoms with E-state index in [1.54, 1.807) is 26.0 Å². The molecule has 0 saturated heterocycles. The molecule has 0 heterocycles. The molecule has 57 heavy (non-hydrogen) atoms. The minimum Gasteiger partial charge on any atom is -0.497 e. The highest BCUT2D eigenvalue weighted by Gasteiger charge is 2.51. The van der Waals surface area contributed by atoms with Crippen molar-refractivity contribution in [2.24, 2.45) is 0 Å². The second-order valence-electron chi connectivity index (χ2n) is 16.8. The number of thioether (sulfide) groups is 1. The second kappa shape index (κ2) is 21.7. The smallest absolute Gasteiger partial charge is 0.261 e. The first-order valence-corrected chi connectivity index (χ1v) is 25.4. The van der Waals surface area contributed by atoms with Crippen molar-refractivity contribution < 1.29 is 32.9 Å². The molecule has 4 aromatic rings. The monoisotopic (exact) mass is 828 g/mol. The summed E-state index contributed by atoms with van der Waals surface area (Å²) in [6, 6.07) is 39.4.